The summed E-state index contributed by atoms with van der Waals surface area (Å²) >= 11 is 0. The van der Waals surface area contributed by atoms with Crippen LogP contribution in [0.2, 0.25) is 0 Å². The van der Waals surface area contributed by atoms with Crippen molar-refractivity contribution in [3.63, 3.8) is 0 Å². The Labute approximate surface area is 204 Å². The lowest BCUT2D eigenvalue weighted by molar-refractivity contribution is -0.0970. The van der Waals surface area contributed by atoms with E-state index in [0.29, 0.717) is 23.7 Å². The number of fused-ring (bicyclic) bond motifs is 4. The summed E-state index contributed by atoms with van der Waals surface area (Å²) in [5.74, 6) is 1.90. The summed E-state index contributed by atoms with van der Waals surface area (Å²) in [6.07, 6.45) is 9.79. The van der Waals surface area contributed by atoms with Gasteiger partial charge in [0, 0.05) is 0 Å². The van der Waals surface area contributed by atoms with E-state index >= 15 is 0 Å². The molecule has 0 spiro atoms. The minimum absolute atomic E-state index is 0.00281. The summed E-state index contributed by atoms with van der Waals surface area (Å²) in [5, 5.41) is 22.0. The van der Waals surface area contributed by atoms with E-state index in [2.05, 4.69) is 62.0 Å². The average molecular weight is 457 g/mol. The fourth-order valence-corrected chi connectivity index (χ4v) is 9.52. The Bertz CT molecular complexity index is 821. The second-order valence-electron chi connectivity index (χ2n) is 14.2. The Morgan fingerprint density at radius 1 is 0.939 bits per heavy atom. The van der Waals surface area contributed by atoms with E-state index in [-0.39, 0.29) is 33.9 Å². The van der Waals surface area contributed by atoms with Gasteiger partial charge in [0.25, 0.3) is 0 Å². The van der Waals surface area contributed by atoms with Gasteiger partial charge in [-0.25, -0.2) is 0 Å². The van der Waals surface area contributed by atoms with Crippen molar-refractivity contribution in [2.45, 2.75) is 125 Å². The first-order valence-electron chi connectivity index (χ1n) is 14.0. The zero-order chi connectivity index (χ0) is 24.6. The molecule has 0 bridgehead atoms. The Morgan fingerprint density at radius 3 is 2.24 bits per heavy atom. The van der Waals surface area contributed by atoms with Crippen molar-refractivity contribution in [3.05, 3.63) is 23.3 Å². The zero-order valence-electron chi connectivity index (χ0n) is 22.9. The molecule has 8 atom stereocenters. The number of hydrogen-bond acceptors (Lipinski definition) is 2. The maximum atomic E-state index is 11.2. The predicted octanol–water partition coefficient (Wildman–Crippen LogP) is 7.70. The smallest absolute Gasteiger partial charge is 0.0605 e. The van der Waals surface area contributed by atoms with Crippen LogP contribution in [-0.4, -0.2) is 22.4 Å². The van der Waals surface area contributed by atoms with Crippen LogP contribution in [0.4, 0.5) is 0 Å². The van der Waals surface area contributed by atoms with E-state index in [9.17, 15) is 10.2 Å². The second-order valence-corrected chi connectivity index (χ2v) is 14.2. The molecule has 2 heteroatoms. The Morgan fingerprint density at radius 2 is 1.61 bits per heavy atom. The van der Waals surface area contributed by atoms with Crippen LogP contribution in [0.3, 0.4) is 0 Å². The second kappa shape index (κ2) is 8.22. The van der Waals surface area contributed by atoms with E-state index < -0.39 is 0 Å². The average Bonchev–Trinajstić information content (AvgIpc) is 3.02. The minimum Gasteiger partial charge on any atom is -0.393 e. The molecule has 0 aliphatic heterocycles. The first-order valence-corrected chi connectivity index (χ1v) is 14.0. The fourth-order valence-electron chi connectivity index (χ4n) is 9.52. The molecule has 2 fully saturated rings. The molecule has 0 unspecified atom stereocenters. The van der Waals surface area contributed by atoms with Crippen LogP contribution >= 0.6 is 0 Å². The van der Waals surface area contributed by atoms with E-state index in [1.54, 1.807) is 11.1 Å². The SMILES string of the molecule is C=C(C[C@H](O)[C@@H](C)[C@H]1CC[C@@]2(C)C3=C(CC[C@]12C)[C@@]1(C)CC[C@H](O)C(C)(C)[C@@H]1CC3)C(C)C. The summed E-state index contributed by atoms with van der Waals surface area (Å²) in [7, 11) is 0. The third-order valence-corrected chi connectivity index (χ3v) is 12.3. The van der Waals surface area contributed by atoms with Gasteiger partial charge < -0.3 is 10.2 Å². The van der Waals surface area contributed by atoms with Crippen molar-refractivity contribution in [1.29, 1.82) is 0 Å². The topological polar surface area (TPSA) is 40.5 Å². The number of rotatable bonds is 5. The van der Waals surface area contributed by atoms with Crippen molar-refractivity contribution in [1.82, 2.24) is 0 Å². The summed E-state index contributed by atoms with van der Waals surface area (Å²) in [5.41, 5.74) is 5.52. The lowest BCUT2D eigenvalue weighted by atomic mass is 9.43. The van der Waals surface area contributed by atoms with E-state index in [1.807, 2.05) is 0 Å². The molecule has 0 heterocycles. The molecule has 0 aromatic carbocycles. The van der Waals surface area contributed by atoms with E-state index in [1.165, 1.54) is 44.1 Å². The third-order valence-electron chi connectivity index (χ3n) is 12.3. The van der Waals surface area contributed by atoms with Crippen molar-refractivity contribution >= 4 is 0 Å². The first-order chi connectivity index (χ1) is 15.2. The first kappa shape index (κ1) is 25.5. The summed E-state index contributed by atoms with van der Waals surface area (Å²) in [6, 6.07) is 0. The third kappa shape index (κ3) is 3.55. The molecule has 4 aliphatic carbocycles. The Kier molecular flexibility index (Phi) is 6.35. The van der Waals surface area contributed by atoms with Crippen molar-refractivity contribution in [2.24, 2.45) is 45.3 Å². The zero-order valence-corrected chi connectivity index (χ0v) is 22.9. The molecule has 0 aromatic rings. The molecule has 0 aromatic heterocycles. The van der Waals surface area contributed by atoms with Crippen LogP contribution in [0.15, 0.2) is 23.3 Å². The van der Waals surface area contributed by atoms with Crippen LogP contribution in [0.5, 0.6) is 0 Å². The maximum absolute atomic E-state index is 11.2. The van der Waals surface area contributed by atoms with Crippen LogP contribution < -0.4 is 0 Å². The van der Waals surface area contributed by atoms with Gasteiger partial charge in [0.15, 0.2) is 0 Å². The molecule has 4 rings (SSSR count). The highest BCUT2D eigenvalue weighted by atomic mass is 16.3. The molecule has 0 saturated heterocycles. The maximum Gasteiger partial charge on any atom is 0.0605 e. The van der Waals surface area contributed by atoms with E-state index in [0.717, 1.165) is 19.3 Å². The van der Waals surface area contributed by atoms with Crippen LogP contribution in [-0.2, 0) is 0 Å². The van der Waals surface area contributed by atoms with Crippen LogP contribution in [0, 0.1) is 45.3 Å². The highest BCUT2D eigenvalue weighted by molar-refractivity contribution is 5.38. The molecule has 2 nitrogen and oxygen atoms in total. The molecule has 2 N–H and O–H groups in total. The molecule has 0 amide bonds. The van der Waals surface area contributed by atoms with Gasteiger partial charge in [-0.1, -0.05) is 78.7 Å². The molecular formula is C31H52O2. The van der Waals surface area contributed by atoms with Crippen molar-refractivity contribution in [3.8, 4) is 0 Å². The molecule has 0 radical (unpaired) electrons. The number of hydrogen-bond donors (Lipinski definition) is 2. The Hall–Kier alpha value is -0.600. The summed E-state index contributed by atoms with van der Waals surface area (Å²) in [6.45, 7) is 23.3. The molecular weight excluding hydrogens is 404 g/mol. The van der Waals surface area contributed by atoms with Gasteiger partial charge in [-0.05, 0) is 103 Å². The van der Waals surface area contributed by atoms with Gasteiger partial charge in [0.2, 0.25) is 0 Å². The van der Waals surface area contributed by atoms with Crippen molar-refractivity contribution in [2.75, 3.05) is 0 Å². The number of aliphatic hydroxyl groups excluding tert-OH is 2. The minimum atomic E-state index is -0.284. The lowest BCUT2D eigenvalue weighted by Crippen LogP contribution is -2.55. The quantitative estimate of drug-likeness (QED) is 0.416. The molecule has 188 valence electrons. The standard InChI is InChI=1S/C31H52O2/c1-19(2)20(3)18-25(32)21(4)22-12-16-31(9)24-10-11-26-28(5,6)27(33)14-15-29(26,7)23(24)13-17-30(22,31)8/h19,21-22,25-27,32-33H,3,10-18H2,1-2,4-9H3/t21-,22+,25-,26-,27-,29+,30+,31-/m0/s1. The normalized spacial score (nSPS) is 44.2. The predicted molar refractivity (Wildman–Crippen MR) is 139 cm³/mol. The van der Waals surface area contributed by atoms with Gasteiger partial charge in [-0.3, -0.25) is 0 Å². The summed E-state index contributed by atoms with van der Waals surface area (Å²) < 4.78 is 0. The number of aliphatic hydroxyl groups is 2. The van der Waals surface area contributed by atoms with Crippen LogP contribution in [0.1, 0.15) is 113 Å². The molecule has 33 heavy (non-hydrogen) atoms. The van der Waals surface area contributed by atoms with Gasteiger partial charge >= 0.3 is 0 Å². The monoisotopic (exact) mass is 456 g/mol. The number of allylic oxidation sites excluding steroid dienone is 2. The van der Waals surface area contributed by atoms with Gasteiger partial charge in [0.05, 0.1) is 12.2 Å². The van der Waals surface area contributed by atoms with Crippen LogP contribution in [0.25, 0.3) is 0 Å². The van der Waals surface area contributed by atoms with E-state index in [4.69, 9.17) is 0 Å². The highest BCUT2D eigenvalue weighted by Crippen LogP contribution is 2.72. The van der Waals surface area contributed by atoms with Crippen molar-refractivity contribution < 1.29 is 10.2 Å². The van der Waals surface area contributed by atoms with Gasteiger partial charge in [0.1, 0.15) is 0 Å². The molecule has 2 saturated carbocycles. The lowest BCUT2D eigenvalue weighted by Gasteiger charge is -2.62. The molecule has 4 aliphatic rings. The summed E-state index contributed by atoms with van der Waals surface area (Å²) in [4.78, 5) is 0. The van der Waals surface area contributed by atoms with Gasteiger partial charge in [-0.2, -0.15) is 0 Å². The highest BCUT2D eigenvalue weighted by Gasteiger charge is 2.63. The Balaban J connectivity index is 1.65. The fraction of sp³-hybridized carbons (Fsp3) is 0.871. The largest absolute Gasteiger partial charge is 0.393 e. The van der Waals surface area contributed by atoms with Gasteiger partial charge in [-0.15, -0.1) is 0 Å².